The number of benzene rings is 2. The van der Waals surface area contributed by atoms with Gasteiger partial charge in [0.25, 0.3) is 11.8 Å². The Kier molecular flexibility index (Phi) is 8.23. The number of nitrogens with one attached hydrogen (secondary N) is 3. The fourth-order valence-electron chi connectivity index (χ4n) is 3.74. The summed E-state index contributed by atoms with van der Waals surface area (Å²) in [6, 6.07) is 14.7. The van der Waals surface area contributed by atoms with Crippen LogP contribution in [0.25, 0.3) is 11.1 Å². The van der Waals surface area contributed by atoms with Crippen LogP contribution >= 0.6 is 0 Å². The largest absolute Gasteiger partial charge is 0.495 e. The molecule has 0 aliphatic carbocycles. The predicted octanol–water partition coefficient (Wildman–Crippen LogP) is 5.52. The van der Waals surface area contributed by atoms with Gasteiger partial charge in [0.2, 0.25) is 0 Å². The quantitative estimate of drug-likeness (QED) is 0.374. The Morgan fingerprint density at radius 1 is 0.974 bits per heavy atom. The third kappa shape index (κ3) is 6.75. The lowest BCUT2D eigenvalue weighted by Crippen LogP contribution is -2.48. The van der Waals surface area contributed by atoms with E-state index in [1.54, 1.807) is 30.5 Å². The first-order chi connectivity index (χ1) is 17.7. The van der Waals surface area contributed by atoms with E-state index in [4.69, 9.17) is 4.74 Å². The molecule has 0 saturated heterocycles. The number of amides is 2. The number of nitrogens with zero attached hydrogens (tertiary/aromatic N) is 2. The Hall–Kier alpha value is -4.22. The fraction of sp³-hybridized carbons (Fsp3) is 0.333. The molecule has 0 aliphatic heterocycles. The number of aryl methyl sites for hydroxylation is 1. The van der Waals surface area contributed by atoms with Crippen molar-refractivity contribution in [3.63, 3.8) is 0 Å². The number of ether oxygens (including phenoxy) is 1. The van der Waals surface area contributed by atoms with E-state index in [1.165, 1.54) is 7.11 Å². The van der Waals surface area contributed by atoms with Crippen LogP contribution in [0.1, 0.15) is 79.1 Å². The maximum atomic E-state index is 13.3. The van der Waals surface area contributed by atoms with E-state index in [1.807, 2.05) is 66.7 Å². The van der Waals surface area contributed by atoms with Crippen molar-refractivity contribution in [1.29, 1.82) is 5.26 Å². The zero-order chi connectivity index (χ0) is 28.3. The molecule has 0 aliphatic rings. The standard InChI is InChI=1S/C30H35N5O3/c1-18-24(19-9-11-20(12-10-19)27(36)34-35-30(5,6)7)15-23(17-32-18)33-28(37)25-14-22(29(2,3)4)13-21(16-31)26(25)38-8/h9-15,17,35H,1-8H3,(H,33,37)(H,34,36). The van der Waals surface area contributed by atoms with Gasteiger partial charge >= 0.3 is 0 Å². The van der Waals surface area contributed by atoms with Gasteiger partial charge in [-0.15, -0.1) is 0 Å². The van der Waals surface area contributed by atoms with Crippen molar-refractivity contribution in [2.75, 3.05) is 12.4 Å². The highest BCUT2D eigenvalue weighted by Gasteiger charge is 2.23. The maximum absolute atomic E-state index is 13.3. The molecule has 0 unspecified atom stereocenters. The van der Waals surface area contributed by atoms with Crippen LogP contribution in [0.4, 0.5) is 5.69 Å². The number of pyridine rings is 1. The smallest absolute Gasteiger partial charge is 0.265 e. The lowest BCUT2D eigenvalue weighted by Gasteiger charge is -2.22. The van der Waals surface area contributed by atoms with Gasteiger partial charge in [-0.3, -0.25) is 20.0 Å². The van der Waals surface area contributed by atoms with E-state index >= 15 is 0 Å². The highest BCUT2D eigenvalue weighted by molar-refractivity contribution is 6.07. The van der Waals surface area contributed by atoms with Crippen LogP contribution in [0, 0.1) is 18.3 Å². The average molecular weight is 514 g/mol. The van der Waals surface area contributed by atoms with Crippen molar-refractivity contribution in [2.45, 2.75) is 59.4 Å². The zero-order valence-corrected chi connectivity index (χ0v) is 23.2. The van der Waals surface area contributed by atoms with Gasteiger partial charge in [0.05, 0.1) is 30.1 Å². The highest BCUT2D eigenvalue weighted by Crippen LogP contribution is 2.32. The molecule has 1 heterocycles. The first-order valence-corrected chi connectivity index (χ1v) is 12.3. The molecule has 198 valence electrons. The molecule has 0 atom stereocenters. The molecule has 3 aromatic rings. The Morgan fingerprint density at radius 2 is 1.63 bits per heavy atom. The van der Waals surface area contributed by atoms with Gasteiger partial charge in [-0.25, -0.2) is 5.43 Å². The van der Waals surface area contributed by atoms with Crippen LogP contribution in [-0.4, -0.2) is 29.4 Å². The first-order valence-electron chi connectivity index (χ1n) is 12.3. The molecule has 2 amide bonds. The summed E-state index contributed by atoms with van der Waals surface area (Å²) in [6.07, 6.45) is 1.59. The van der Waals surface area contributed by atoms with Crippen LogP contribution in [0.2, 0.25) is 0 Å². The molecule has 0 bridgehead atoms. The minimum atomic E-state index is -0.403. The second-order valence-electron chi connectivity index (χ2n) is 11.2. The van der Waals surface area contributed by atoms with Gasteiger partial charge in [-0.2, -0.15) is 5.26 Å². The molecular weight excluding hydrogens is 478 g/mol. The summed E-state index contributed by atoms with van der Waals surface area (Å²) < 4.78 is 5.44. The molecule has 3 N–H and O–H groups in total. The fourth-order valence-corrected chi connectivity index (χ4v) is 3.74. The van der Waals surface area contributed by atoms with E-state index < -0.39 is 5.91 Å². The number of nitriles is 1. The summed E-state index contributed by atoms with van der Waals surface area (Å²) in [4.78, 5) is 30.2. The van der Waals surface area contributed by atoms with Crippen LogP contribution in [0.3, 0.4) is 0 Å². The number of rotatable bonds is 6. The number of methoxy groups -OCH3 is 1. The second kappa shape index (κ2) is 11.0. The highest BCUT2D eigenvalue weighted by atomic mass is 16.5. The number of hydrazine groups is 1. The van der Waals surface area contributed by atoms with E-state index in [2.05, 4.69) is 27.2 Å². The summed E-state index contributed by atoms with van der Waals surface area (Å²) in [5.74, 6) is -0.405. The molecular formula is C30H35N5O3. The Bertz CT molecular complexity index is 1390. The Balaban J connectivity index is 1.89. The number of aromatic nitrogens is 1. The van der Waals surface area contributed by atoms with Crippen molar-refractivity contribution in [1.82, 2.24) is 15.8 Å². The molecule has 0 saturated carbocycles. The number of hydrogen-bond acceptors (Lipinski definition) is 6. The summed E-state index contributed by atoms with van der Waals surface area (Å²) in [7, 11) is 1.44. The molecule has 38 heavy (non-hydrogen) atoms. The van der Waals surface area contributed by atoms with E-state index in [9.17, 15) is 14.9 Å². The lowest BCUT2D eigenvalue weighted by molar-refractivity contribution is 0.0914. The minimum Gasteiger partial charge on any atom is -0.495 e. The molecule has 8 heteroatoms. The van der Waals surface area contributed by atoms with Gasteiger partial charge in [0, 0.05) is 22.4 Å². The number of hydrogen-bond donors (Lipinski definition) is 3. The van der Waals surface area contributed by atoms with Crippen LogP contribution in [-0.2, 0) is 5.41 Å². The SMILES string of the molecule is COc1c(C#N)cc(C(C)(C)C)cc1C(=O)Nc1cnc(C)c(-c2ccc(C(=O)NNC(C)(C)C)cc2)c1. The molecule has 0 spiro atoms. The van der Waals surface area contributed by atoms with Crippen molar-refractivity contribution in [3.05, 3.63) is 76.6 Å². The van der Waals surface area contributed by atoms with Gasteiger partial charge in [0.1, 0.15) is 11.8 Å². The number of carbonyl (C=O) groups excluding carboxylic acids is 2. The minimum absolute atomic E-state index is 0.230. The lowest BCUT2D eigenvalue weighted by atomic mass is 9.84. The third-order valence-electron chi connectivity index (χ3n) is 5.88. The summed E-state index contributed by atoms with van der Waals surface area (Å²) in [6.45, 7) is 13.8. The monoisotopic (exact) mass is 513 g/mol. The molecule has 1 aromatic heterocycles. The van der Waals surface area contributed by atoms with E-state index in [-0.39, 0.29) is 28.2 Å². The molecule has 2 aromatic carbocycles. The molecule has 0 fully saturated rings. The van der Waals surface area contributed by atoms with Crippen molar-refractivity contribution in [3.8, 4) is 22.9 Å². The first kappa shape index (κ1) is 28.4. The number of carbonyl (C=O) groups is 2. The van der Waals surface area contributed by atoms with E-state index in [0.29, 0.717) is 16.8 Å². The second-order valence-corrected chi connectivity index (χ2v) is 11.2. The zero-order valence-electron chi connectivity index (χ0n) is 23.2. The van der Waals surface area contributed by atoms with Crippen LogP contribution in [0.15, 0.2) is 48.7 Å². The molecule has 8 nitrogen and oxygen atoms in total. The van der Waals surface area contributed by atoms with Crippen molar-refractivity contribution in [2.24, 2.45) is 0 Å². The average Bonchev–Trinajstić information content (AvgIpc) is 2.86. The normalized spacial score (nSPS) is 11.4. The van der Waals surface area contributed by atoms with Crippen LogP contribution < -0.4 is 20.9 Å². The van der Waals surface area contributed by atoms with E-state index in [0.717, 1.165) is 22.4 Å². The summed E-state index contributed by atoms with van der Waals surface area (Å²) >= 11 is 0. The van der Waals surface area contributed by atoms with Crippen molar-refractivity contribution >= 4 is 17.5 Å². The van der Waals surface area contributed by atoms with Crippen molar-refractivity contribution < 1.29 is 14.3 Å². The topological polar surface area (TPSA) is 116 Å². The molecule has 0 radical (unpaired) electrons. The van der Waals surface area contributed by atoms with Gasteiger partial charge < -0.3 is 10.1 Å². The van der Waals surface area contributed by atoms with Gasteiger partial charge in [-0.05, 0) is 74.6 Å². The summed E-state index contributed by atoms with van der Waals surface area (Å²) in [5, 5.41) is 12.5. The van der Waals surface area contributed by atoms with Gasteiger partial charge in [-0.1, -0.05) is 32.9 Å². The number of anilines is 1. The predicted molar refractivity (Wildman–Crippen MR) is 149 cm³/mol. The summed E-state index contributed by atoms with van der Waals surface area (Å²) in [5.41, 5.74) is 10.0. The molecule has 3 rings (SSSR count). The van der Waals surface area contributed by atoms with Crippen LogP contribution in [0.5, 0.6) is 5.75 Å². The third-order valence-corrected chi connectivity index (χ3v) is 5.88. The Labute approximate surface area is 224 Å². The Morgan fingerprint density at radius 3 is 2.18 bits per heavy atom. The van der Waals surface area contributed by atoms with Gasteiger partial charge in [0.15, 0.2) is 0 Å². The maximum Gasteiger partial charge on any atom is 0.265 e.